The molecule has 2 rings (SSSR count). The van der Waals surface area contributed by atoms with Gasteiger partial charge in [0.25, 0.3) is 0 Å². The van der Waals surface area contributed by atoms with E-state index in [1.54, 1.807) is 0 Å². The van der Waals surface area contributed by atoms with Crippen molar-refractivity contribution in [1.82, 2.24) is 15.0 Å². The first-order valence-corrected chi connectivity index (χ1v) is 12.1. The van der Waals surface area contributed by atoms with Crippen LogP contribution in [-0.4, -0.2) is 21.5 Å². The van der Waals surface area contributed by atoms with Crippen molar-refractivity contribution < 1.29 is 0 Å². The summed E-state index contributed by atoms with van der Waals surface area (Å²) in [7, 11) is 0. The van der Waals surface area contributed by atoms with Crippen molar-refractivity contribution in [3.63, 3.8) is 0 Å². The summed E-state index contributed by atoms with van der Waals surface area (Å²) in [5, 5.41) is 0. The fourth-order valence-corrected chi connectivity index (χ4v) is 3.76. The average molecular weight is 424 g/mol. The molecule has 1 heterocycles. The molecular formula is C26H41N5. The first-order valence-electron chi connectivity index (χ1n) is 12.1. The largest absolute Gasteiger partial charge is 0.368 e. The van der Waals surface area contributed by atoms with E-state index in [1.165, 1.54) is 70.6 Å². The van der Waals surface area contributed by atoms with Crippen LogP contribution in [0.4, 0.5) is 17.6 Å². The van der Waals surface area contributed by atoms with Gasteiger partial charge in [0, 0.05) is 12.2 Å². The molecule has 2 N–H and O–H groups in total. The highest BCUT2D eigenvalue weighted by molar-refractivity contribution is 5.61. The van der Waals surface area contributed by atoms with Crippen molar-refractivity contribution in [3.05, 3.63) is 42.7 Å². The fraction of sp³-hybridized carbons (Fsp3) is 0.577. The summed E-state index contributed by atoms with van der Waals surface area (Å²) in [4.78, 5) is 15.4. The van der Waals surface area contributed by atoms with Gasteiger partial charge in [-0.3, -0.25) is 0 Å². The Morgan fingerprint density at radius 1 is 0.806 bits per heavy atom. The van der Waals surface area contributed by atoms with Gasteiger partial charge in [0.15, 0.2) is 5.82 Å². The minimum absolute atomic E-state index is 0.235. The van der Waals surface area contributed by atoms with Crippen LogP contribution in [-0.2, 0) is 0 Å². The molecule has 0 atom stereocenters. The third kappa shape index (κ3) is 9.50. The van der Waals surface area contributed by atoms with Crippen LogP contribution in [0.1, 0.15) is 96.7 Å². The highest BCUT2D eigenvalue weighted by Gasteiger charge is 2.15. The van der Waals surface area contributed by atoms with Crippen molar-refractivity contribution in [3.8, 4) is 0 Å². The maximum atomic E-state index is 5.95. The van der Waals surface area contributed by atoms with E-state index in [0.29, 0.717) is 11.8 Å². The van der Waals surface area contributed by atoms with Crippen molar-refractivity contribution in [1.29, 1.82) is 0 Å². The van der Waals surface area contributed by atoms with Crippen LogP contribution in [0.25, 0.3) is 5.57 Å². The molecule has 0 unspecified atom stereocenters. The number of allylic oxidation sites excluding steroid dienone is 1. The highest BCUT2D eigenvalue weighted by atomic mass is 15.3. The molecule has 170 valence electrons. The van der Waals surface area contributed by atoms with Crippen LogP contribution >= 0.6 is 0 Å². The quantitative estimate of drug-likeness (QED) is 0.286. The lowest BCUT2D eigenvalue weighted by Gasteiger charge is -2.23. The topological polar surface area (TPSA) is 67.9 Å². The Morgan fingerprint density at radius 3 is 1.90 bits per heavy atom. The Hall–Kier alpha value is -2.43. The molecule has 0 fully saturated rings. The molecule has 1 aromatic heterocycles. The predicted molar refractivity (Wildman–Crippen MR) is 133 cm³/mol. The molecule has 0 bridgehead atoms. The molecular weight excluding hydrogens is 382 g/mol. The number of nitrogens with zero attached hydrogens (tertiary/aromatic N) is 4. The Labute approximate surface area is 189 Å². The smallest absolute Gasteiger partial charge is 0.235 e. The van der Waals surface area contributed by atoms with Crippen LogP contribution < -0.4 is 10.6 Å². The third-order valence-electron chi connectivity index (χ3n) is 5.57. The van der Waals surface area contributed by atoms with Gasteiger partial charge in [-0.25, -0.2) is 0 Å². The van der Waals surface area contributed by atoms with E-state index in [2.05, 4.69) is 45.5 Å². The molecule has 5 nitrogen and oxygen atoms in total. The van der Waals surface area contributed by atoms with E-state index in [9.17, 15) is 0 Å². The number of para-hydroxylation sites is 1. The molecule has 0 aliphatic carbocycles. The second-order valence-electron chi connectivity index (χ2n) is 8.47. The van der Waals surface area contributed by atoms with Gasteiger partial charge in [0.2, 0.25) is 11.9 Å². The second kappa shape index (κ2) is 14.6. The standard InChI is InChI=1S/C26H41N5/c1-4-5-6-7-8-9-10-11-12-13-14-18-21-31(23-19-16-15-17-20-23)26-29-24(22(2)3)28-25(27)30-26/h15-17,19-20H,2,4-14,18,21H2,1,3H3,(H2,27,28,29,30). The van der Waals surface area contributed by atoms with E-state index in [1.807, 2.05) is 25.1 Å². The first-order chi connectivity index (χ1) is 15.1. The van der Waals surface area contributed by atoms with Gasteiger partial charge >= 0.3 is 0 Å². The maximum absolute atomic E-state index is 5.95. The highest BCUT2D eigenvalue weighted by Crippen LogP contribution is 2.24. The average Bonchev–Trinajstić information content (AvgIpc) is 2.77. The van der Waals surface area contributed by atoms with Gasteiger partial charge in [-0.15, -0.1) is 0 Å². The summed E-state index contributed by atoms with van der Waals surface area (Å²) in [6.45, 7) is 8.97. The van der Waals surface area contributed by atoms with Crippen LogP contribution in [0.2, 0.25) is 0 Å². The minimum atomic E-state index is 0.235. The van der Waals surface area contributed by atoms with Gasteiger partial charge in [-0.1, -0.05) is 102 Å². The molecule has 0 aliphatic rings. The molecule has 0 saturated heterocycles. The lowest BCUT2D eigenvalue weighted by molar-refractivity contribution is 0.544. The van der Waals surface area contributed by atoms with E-state index in [4.69, 9.17) is 5.73 Å². The van der Waals surface area contributed by atoms with Crippen molar-refractivity contribution in [2.24, 2.45) is 0 Å². The SMILES string of the molecule is C=C(C)c1nc(N)nc(N(CCCCCCCCCCCCCC)c2ccccc2)n1. The zero-order valence-electron chi connectivity index (χ0n) is 19.7. The van der Waals surface area contributed by atoms with Gasteiger partial charge in [-0.2, -0.15) is 15.0 Å². The summed E-state index contributed by atoms with van der Waals surface area (Å²) in [6, 6.07) is 10.3. The Bertz CT molecular complexity index is 760. The molecule has 0 radical (unpaired) electrons. The van der Waals surface area contributed by atoms with Gasteiger partial charge in [0.1, 0.15) is 0 Å². The van der Waals surface area contributed by atoms with Crippen LogP contribution in [0, 0.1) is 0 Å². The van der Waals surface area contributed by atoms with Crippen LogP contribution in [0.5, 0.6) is 0 Å². The summed E-state index contributed by atoms with van der Waals surface area (Å²) < 4.78 is 0. The molecule has 0 aliphatic heterocycles. The number of rotatable bonds is 16. The summed E-state index contributed by atoms with van der Waals surface area (Å²) in [6.07, 6.45) is 16.0. The van der Waals surface area contributed by atoms with Gasteiger partial charge in [-0.05, 0) is 31.1 Å². The normalized spacial score (nSPS) is 10.9. The number of hydrogen-bond donors (Lipinski definition) is 1. The third-order valence-corrected chi connectivity index (χ3v) is 5.57. The van der Waals surface area contributed by atoms with Crippen molar-refractivity contribution in [2.45, 2.75) is 90.9 Å². The Kier molecular flexibility index (Phi) is 11.7. The molecule has 31 heavy (non-hydrogen) atoms. The number of aromatic nitrogens is 3. The molecule has 0 saturated carbocycles. The second-order valence-corrected chi connectivity index (χ2v) is 8.47. The fourth-order valence-electron chi connectivity index (χ4n) is 3.76. The first kappa shape index (κ1) is 24.8. The molecule has 2 aromatic rings. The number of hydrogen-bond acceptors (Lipinski definition) is 5. The van der Waals surface area contributed by atoms with Crippen molar-refractivity contribution >= 4 is 23.2 Å². The molecule has 0 spiro atoms. The Morgan fingerprint density at radius 2 is 1.35 bits per heavy atom. The number of nitrogens with two attached hydrogens (primary N) is 1. The van der Waals surface area contributed by atoms with Crippen LogP contribution in [0.3, 0.4) is 0 Å². The van der Waals surface area contributed by atoms with E-state index in [-0.39, 0.29) is 5.95 Å². The van der Waals surface area contributed by atoms with Crippen LogP contribution in [0.15, 0.2) is 36.9 Å². The lowest BCUT2D eigenvalue weighted by Crippen LogP contribution is -2.22. The predicted octanol–water partition coefficient (Wildman–Crippen LogP) is 7.33. The lowest BCUT2D eigenvalue weighted by atomic mass is 10.1. The molecule has 1 aromatic carbocycles. The zero-order valence-corrected chi connectivity index (χ0v) is 19.7. The summed E-state index contributed by atoms with van der Waals surface area (Å²) in [5.41, 5.74) is 7.81. The number of nitrogen functional groups attached to an aromatic ring is 1. The Balaban J connectivity index is 1.79. The molecule has 0 amide bonds. The summed E-state index contributed by atoms with van der Waals surface area (Å²) in [5.74, 6) is 1.39. The monoisotopic (exact) mass is 423 g/mol. The zero-order chi connectivity index (χ0) is 22.3. The van der Waals surface area contributed by atoms with Gasteiger partial charge in [0.05, 0.1) is 0 Å². The number of unbranched alkanes of at least 4 members (excludes halogenated alkanes) is 11. The number of benzene rings is 1. The van der Waals surface area contributed by atoms with Gasteiger partial charge < -0.3 is 10.6 Å². The van der Waals surface area contributed by atoms with E-state index < -0.39 is 0 Å². The summed E-state index contributed by atoms with van der Waals surface area (Å²) >= 11 is 0. The van der Waals surface area contributed by atoms with Crippen molar-refractivity contribution in [2.75, 3.05) is 17.2 Å². The molecule has 5 heteroatoms. The maximum Gasteiger partial charge on any atom is 0.235 e. The van der Waals surface area contributed by atoms with E-state index in [0.717, 1.165) is 24.2 Å². The van der Waals surface area contributed by atoms with E-state index >= 15 is 0 Å². The minimum Gasteiger partial charge on any atom is -0.368 e. The number of anilines is 3.